The molecule has 1 aromatic heterocycles. The summed E-state index contributed by atoms with van der Waals surface area (Å²) in [7, 11) is 2.05. The first-order valence-electron chi connectivity index (χ1n) is 7.19. The van der Waals surface area contributed by atoms with Gasteiger partial charge in [-0.3, -0.25) is 0 Å². The first-order valence-corrected chi connectivity index (χ1v) is 7.19. The molecule has 2 heterocycles. The maximum absolute atomic E-state index is 11.0. The Kier molecular flexibility index (Phi) is 4.60. The van der Waals surface area contributed by atoms with Crippen molar-refractivity contribution in [3.63, 3.8) is 0 Å². The Balaban J connectivity index is 2.08. The molecule has 0 unspecified atom stereocenters. The molecule has 1 fully saturated rings. The van der Waals surface area contributed by atoms with E-state index in [-0.39, 0.29) is 5.56 Å². The Bertz CT molecular complexity index is 482. The average molecular weight is 277 g/mol. The molecule has 0 aromatic carbocycles. The monoisotopic (exact) mass is 277 g/mol. The van der Waals surface area contributed by atoms with Gasteiger partial charge in [0.1, 0.15) is 5.82 Å². The van der Waals surface area contributed by atoms with Crippen LogP contribution in [0.1, 0.15) is 35.8 Å². The summed E-state index contributed by atoms with van der Waals surface area (Å²) in [4.78, 5) is 20.1. The normalized spacial score (nSPS) is 17.1. The highest BCUT2D eigenvalue weighted by Gasteiger charge is 2.23. The lowest BCUT2D eigenvalue weighted by Crippen LogP contribution is -2.43. The minimum Gasteiger partial charge on any atom is -0.478 e. The van der Waals surface area contributed by atoms with E-state index in [1.165, 1.54) is 0 Å². The van der Waals surface area contributed by atoms with Crippen LogP contribution in [0.3, 0.4) is 0 Å². The maximum atomic E-state index is 11.0. The molecule has 0 amide bonds. The number of hydrogen-bond donors (Lipinski definition) is 1. The molecule has 1 aliphatic heterocycles. The van der Waals surface area contributed by atoms with Crippen LogP contribution in [0, 0.1) is 6.92 Å². The van der Waals surface area contributed by atoms with Gasteiger partial charge in [-0.25, -0.2) is 9.78 Å². The number of anilines is 1. The standard InChI is InChI=1S/C15H23N3O2/c1-4-18-9-7-12(8-10-18)17(3)14-6-5-13(15(19)20)11(2)16-14/h5-6,12H,4,7-10H2,1-3H3,(H,19,20). The van der Waals surface area contributed by atoms with Gasteiger partial charge in [-0.2, -0.15) is 0 Å². The van der Waals surface area contributed by atoms with E-state index >= 15 is 0 Å². The predicted octanol–water partition coefficient (Wildman–Crippen LogP) is 2.01. The van der Waals surface area contributed by atoms with Gasteiger partial charge in [-0.15, -0.1) is 0 Å². The van der Waals surface area contributed by atoms with E-state index in [4.69, 9.17) is 5.11 Å². The fourth-order valence-electron chi connectivity index (χ4n) is 2.78. The molecular weight excluding hydrogens is 254 g/mol. The number of carbonyl (C=O) groups is 1. The van der Waals surface area contributed by atoms with Crippen LogP contribution in [-0.2, 0) is 0 Å². The van der Waals surface area contributed by atoms with Crippen LogP contribution >= 0.6 is 0 Å². The SMILES string of the molecule is CCN1CCC(N(C)c2ccc(C(=O)O)c(C)n2)CC1. The molecule has 0 radical (unpaired) electrons. The predicted molar refractivity (Wildman–Crippen MR) is 79.5 cm³/mol. The van der Waals surface area contributed by atoms with Crippen LogP contribution in [0.25, 0.3) is 0 Å². The van der Waals surface area contributed by atoms with E-state index in [0.29, 0.717) is 11.7 Å². The highest BCUT2D eigenvalue weighted by Crippen LogP contribution is 2.21. The van der Waals surface area contributed by atoms with Crippen molar-refractivity contribution in [1.82, 2.24) is 9.88 Å². The second kappa shape index (κ2) is 6.22. The Morgan fingerprint density at radius 3 is 2.60 bits per heavy atom. The lowest BCUT2D eigenvalue weighted by molar-refractivity contribution is 0.0695. The molecule has 20 heavy (non-hydrogen) atoms. The second-order valence-electron chi connectivity index (χ2n) is 5.38. The van der Waals surface area contributed by atoms with Crippen molar-refractivity contribution in [1.29, 1.82) is 0 Å². The number of piperidine rings is 1. The lowest BCUT2D eigenvalue weighted by atomic mass is 10.0. The van der Waals surface area contributed by atoms with E-state index < -0.39 is 5.97 Å². The van der Waals surface area contributed by atoms with Crippen molar-refractivity contribution in [3.8, 4) is 0 Å². The molecule has 1 aromatic rings. The van der Waals surface area contributed by atoms with Gasteiger partial charge in [0.05, 0.1) is 11.3 Å². The van der Waals surface area contributed by atoms with Crippen molar-refractivity contribution < 1.29 is 9.90 Å². The maximum Gasteiger partial charge on any atom is 0.337 e. The summed E-state index contributed by atoms with van der Waals surface area (Å²) in [5.74, 6) is -0.0529. The molecule has 5 nitrogen and oxygen atoms in total. The molecule has 2 rings (SSSR count). The molecule has 0 saturated carbocycles. The third-order valence-corrected chi connectivity index (χ3v) is 4.21. The van der Waals surface area contributed by atoms with Crippen LogP contribution in [0.2, 0.25) is 0 Å². The van der Waals surface area contributed by atoms with Crippen molar-refractivity contribution in [2.75, 3.05) is 31.6 Å². The van der Waals surface area contributed by atoms with Crippen LogP contribution in [0.4, 0.5) is 5.82 Å². The number of aryl methyl sites for hydroxylation is 1. The van der Waals surface area contributed by atoms with Gasteiger partial charge in [-0.05, 0) is 38.4 Å². The summed E-state index contributed by atoms with van der Waals surface area (Å²) in [5.41, 5.74) is 0.857. The molecule has 0 atom stereocenters. The number of carboxylic acid groups (broad SMARTS) is 1. The zero-order chi connectivity index (χ0) is 14.7. The second-order valence-corrected chi connectivity index (χ2v) is 5.38. The molecule has 1 aliphatic rings. The quantitative estimate of drug-likeness (QED) is 0.912. The van der Waals surface area contributed by atoms with Crippen molar-refractivity contribution in [3.05, 3.63) is 23.4 Å². The fourth-order valence-corrected chi connectivity index (χ4v) is 2.78. The molecule has 5 heteroatoms. The van der Waals surface area contributed by atoms with Crippen LogP contribution < -0.4 is 4.90 Å². The first kappa shape index (κ1) is 14.8. The number of rotatable bonds is 4. The van der Waals surface area contributed by atoms with Gasteiger partial charge in [0.25, 0.3) is 0 Å². The zero-order valence-electron chi connectivity index (χ0n) is 12.5. The van der Waals surface area contributed by atoms with E-state index in [2.05, 4.69) is 28.8 Å². The Hall–Kier alpha value is -1.62. The summed E-state index contributed by atoms with van der Waals surface area (Å²) in [5, 5.41) is 9.04. The third-order valence-electron chi connectivity index (χ3n) is 4.21. The van der Waals surface area contributed by atoms with Crippen molar-refractivity contribution in [2.24, 2.45) is 0 Å². The molecule has 110 valence electrons. The van der Waals surface area contributed by atoms with E-state index in [1.807, 2.05) is 6.07 Å². The number of aromatic carboxylic acids is 1. The van der Waals surface area contributed by atoms with Gasteiger partial charge in [0, 0.05) is 26.2 Å². The highest BCUT2D eigenvalue weighted by atomic mass is 16.4. The number of nitrogens with zero attached hydrogens (tertiary/aromatic N) is 3. The number of aromatic nitrogens is 1. The Morgan fingerprint density at radius 1 is 1.45 bits per heavy atom. The number of hydrogen-bond acceptors (Lipinski definition) is 4. The summed E-state index contributed by atoms with van der Waals surface area (Å²) >= 11 is 0. The van der Waals surface area contributed by atoms with Gasteiger partial charge in [0.2, 0.25) is 0 Å². The molecule has 1 saturated heterocycles. The minimum absolute atomic E-state index is 0.281. The number of pyridine rings is 1. The topological polar surface area (TPSA) is 56.7 Å². The fraction of sp³-hybridized carbons (Fsp3) is 0.600. The van der Waals surface area contributed by atoms with E-state index in [1.54, 1.807) is 13.0 Å². The van der Waals surface area contributed by atoms with Gasteiger partial charge < -0.3 is 14.9 Å². The Morgan fingerprint density at radius 2 is 2.10 bits per heavy atom. The smallest absolute Gasteiger partial charge is 0.337 e. The number of likely N-dealkylation sites (tertiary alicyclic amines) is 1. The molecule has 1 N–H and O–H groups in total. The zero-order valence-corrected chi connectivity index (χ0v) is 12.5. The highest BCUT2D eigenvalue weighted by molar-refractivity contribution is 5.89. The van der Waals surface area contributed by atoms with E-state index in [9.17, 15) is 4.79 Å². The third kappa shape index (κ3) is 3.10. The summed E-state index contributed by atoms with van der Waals surface area (Å²) < 4.78 is 0. The lowest BCUT2D eigenvalue weighted by Gasteiger charge is -2.37. The summed E-state index contributed by atoms with van der Waals surface area (Å²) in [6, 6.07) is 3.95. The van der Waals surface area contributed by atoms with Crippen LogP contribution in [-0.4, -0.2) is 53.7 Å². The molecule has 0 aliphatic carbocycles. The van der Waals surface area contributed by atoms with Crippen LogP contribution in [0.5, 0.6) is 0 Å². The summed E-state index contributed by atoms with van der Waals surface area (Å²) in [6.45, 7) is 7.30. The molecule has 0 spiro atoms. The summed E-state index contributed by atoms with van der Waals surface area (Å²) in [6.07, 6.45) is 2.26. The van der Waals surface area contributed by atoms with Gasteiger partial charge in [0.15, 0.2) is 0 Å². The largest absolute Gasteiger partial charge is 0.478 e. The first-order chi connectivity index (χ1) is 9.52. The van der Waals surface area contributed by atoms with Crippen molar-refractivity contribution >= 4 is 11.8 Å². The van der Waals surface area contributed by atoms with Gasteiger partial charge >= 0.3 is 5.97 Å². The molecule has 0 bridgehead atoms. The average Bonchev–Trinajstić information content (AvgIpc) is 2.46. The van der Waals surface area contributed by atoms with Gasteiger partial charge in [-0.1, -0.05) is 6.92 Å². The molecular formula is C15H23N3O2. The van der Waals surface area contributed by atoms with Crippen molar-refractivity contribution in [2.45, 2.75) is 32.7 Å². The Labute approximate surface area is 120 Å². The minimum atomic E-state index is -0.916. The number of carboxylic acids is 1. The van der Waals surface area contributed by atoms with E-state index in [0.717, 1.165) is 38.3 Å². The van der Waals surface area contributed by atoms with Crippen LogP contribution in [0.15, 0.2) is 12.1 Å².